The second-order valence-corrected chi connectivity index (χ2v) is 8.89. The molecule has 1 aromatic heterocycles. The zero-order valence-corrected chi connectivity index (χ0v) is 30.0. The Bertz CT molecular complexity index is 1840. The van der Waals surface area contributed by atoms with E-state index >= 15 is 0 Å². The Morgan fingerprint density at radius 3 is 2.09 bits per heavy atom. The van der Waals surface area contributed by atoms with Gasteiger partial charge in [-0.05, 0) is 12.1 Å². The van der Waals surface area contributed by atoms with E-state index in [2.05, 4.69) is 35.9 Å². The van der Waals surface area contributed by atoms with Gasteiger partial charge in [-0.3, -0.25) is 30.4 Å². The van der Waals surface area contributed by atoms with E-state index in [1.807, 2.05) is 24.3 Å². The van der Waals surface area contributed by atoms with Crippen LogP contribution in [0.15, 0.2) is 79.0 Å². The third-order valence-corrected chi connectivity index (χ3v) is 5.92. The molecular weight excluding hydrogens is 745 g/mol. The van der Waals surface area contributed by atoms with Crippen LogP contribution in [0.25, 0.3) is 22.3 Å². The summed E-state index contributed by atoms with van der Waals surface area (Å²) in [6.45, 7) is 7.54. The van der Waals surface area contributed by atoms with Gasteiger partial charge in [0.05, 0.1) is 26.8 Å². The van der Waals surface area contributed by atoms with Crippen molar-refractivity contribution in [3.8, 4) is 11.4 Å². The van der Waals surface area contributed by atoms with Crippen molar-refractivity contribution in [2.45, 2.75) is 12.8 Å². The van der Waals surface area contributed by atoms with Gasteiger partial charge in [-0.15, -0.1) is 0 Å². The first-order valence-corrected chi connectivity index (χ1v) is 12.8. The van der Waals surface area contributed by atoms with E-state index in [-0.39, 0.29) is 94.5 Å². The quantitative estimate of drug-likeness (QED) is 0.0500. The van der Waals surface area contributed by atoms with Gasteiger partial charge in [0.25, 0.3) is 11.4 Å². The monoisotopic (exact) mass is 770 g/mol. The molecule has 3 N–H and O–H groups in total. The summed E-state index contributed by atoms with van der Waals surface area (Å²) in [5.41, 5.74) is 8.99. The Morgan fingerprint density at radius 1 is 0.913 bits per heavy atom. The minimum Gasteiger partial charge on any atom is -0.385 e. The number of hydrogen-bond donors (Lipinski definition) is 2. The SMILES string of the molecule is O=Cc1cc([N+](=O)[O-])ccc1F.[CH2-]Cc1[c-]ccc(-c2ncc3cc([N+](=O)[O-])ccc3n2)c1.[CH2-]Cc1[c-]ccc(C(=N)N)c1.[Y].[Y]. The number of nitro groups is 2. The number of carbonyl (C=O) groups is 1. The number of rotatable bonds is 7. The van der Waals surface area contributed by atoms with Crippen molar-refractivity contribution in [2.24, 2.45) is 5.73 Å². The Balaban J connectivity index is 0.000000365. The third-order valence-electron chi connectivity index (χ3n) is 5.92. The van der Waals surface area contributed by atoms with Crippen molar-refractivity contribution in [3.05, 3.63) is 153 Å². The molecule has 2 radical (unpaired) electrons. The van der Waals surface area contributed by atoms with E-state index in [0.29, 0.717) is 29.6 Å². The van der Waals surface area contributed by atoms with E-state index in [1.165, 1.54) is 12.1 Å². The standard InChI is InChI=1S/C16H11N3O2.C9H10N2.C7H4FNO3.2Y/c1-2-11-4-3-5-12(8-11)16-17-10-13-9-14(19(20)21)6-7-15(13)18-16;1-2-7-4-3-5-8(6-7)9(10)11;8-7-2-1-6(9(11)12)3-5(7)4-10;;/h3,5-10H,1-2H2;3,5-6H,1-2H2,(H3,10,11);1-4H;;/q2*-2;;;. The summed E-state index contributed by atoms with van der Waals surface area (Å²) < 4.78 is 12.6. The number of carbonyl (C=O) groups excluding carboxylic acids is 1. The number of benzene rings is 4. The molecule has 14 heteroatoms. The molecule has 5 rings (SSSR count). The number of fused-ring (bicyclic) bond motifs is 1. The predicted octanol–water partition coefficient (Wildman–Crippen LogP) is 6.07. The Morgan fingerprint density at radius 2 is 1.50 bits per heavy atom. The molecule has 0 aliphatic heterocycles. The fraction of sp³-hybridized carbons (Fsp3) is 0.0625. The van der Waals surface area contributed by atoms with Gasteiger partial charge in [0, 0.05) is 101 Å². The number of halogens is 1. The Kier molecular flexibility index (Phi) is 17.3. The number of nitrogens with one attached hydrogen (secondary N) is 1. The number of hydrogen-bond acceptors (Lipinski definition) is 8. The van der Waals surface area contributed by atoms with Crippen molar-refractivity contribution < 1.29 is 84.4 Å². The van der Waals surface area contributed by atoms with Crippen LogP contribution in [0, 0.1) is 57.4 Å². The van der Waals surface area contributed by atoms with Crippen LogP contribution in [0.3, 0.4) is 0 Å². The van der Waals surface area contributed by atoms with E-state index in [1.54, 1.807) is 24.4 Å². The number of nitrogen functional groups attached to an aromatic ring is 1. The number of aldehydes is 1. The fourth-order valence-electron chi connectivity index (χ4n) is 3.64. The van der Waals surface area contributed by atoms with E-state index in [0.717, 1.165) is 40.5 Å². The molecule has 0 aliphatic carbocycles. The molecule has 0 saturated heterocycles. The molecule has 46 heavy (non-hydrogen) atoms. The average Bonchev–Trinajstić information content (AvgIpc) is 3.05. The normalized spacial score (nSPS) is 9.63. The van der Waals surface area contributed by atoms with Gasteiger partial charge in [-0.2, -0.15) is 72.5 Å². The van der Waals surface area contributed by atoms with Crippen LogP contribution in [0.2, 0.25) is 0 Å². The maximum Gasteiger partial charge on any atom is 0.270 e. The second kappa shape index (κ2) is 19.7. The molecule has 0 bridgehead atoms. The van der Waals surface area contributed by atoms with Gasteiger partial charge in [0.15, 0.2) is 6.29 Å². The molecule has 0 saturated carbocycles. The maximum atomic E-state index is 12.6. The number of aromatic nitrogens is 2. The van der Waals surface area contributed by atoms with Crippen molar-refractivity contribution in [1.29, 1.82) is 5.41 Å². The minimum atomic E-state index is -0.754. The number of nitrogens with zero attached hydrogens (tertiary/aromatic N) is 4. The van der Waals surface area contributed by atoms with Gasteiger partial charge in [-0.1, -0.05) is 11.1 Å². The molecule has 1 heterocycles. The first-order valence-electron chi connectivity index (χ1n) is 12.8. The van der Waals surface area contributed by atoms with Crippen molar-refractivity contribution in [3.63, 3.8) is 0 Å². The molecule has 0 amide bonds. The molecule has 11 nitrogen and oxygen atoms in total. The summed E-state index contributed by atoms with van der Waals surface area (Å²) >= 11 is 0. The summed E-state index contributed by atoms with van der Waals surface area (Å²) in [5.74, 6) is -0.0793. The maximum absolute atomic E-state index is 12.6. The molecule has 5 aromatic rings. The van der Waals surface area contributed by atoms with Crippen LogP contribution >= 0.6 is 0 Å². The zero-order valence-electron chi connectivity index (χ0n) is 24.4. The van der Waals surface area contributed by atoms with Crippen LogP contribution < -0.4 is 5.73 Å². The number of nitrogens with two attached hydrogens (primary N) is 1. The first-order chi connectivity index (χ1) is 21.1. The summed E-state index contributed by atoms with van der Waals surface area (Å²) in [4.78, 5) is 38.7. The summed E-state index contributed by atoms with van der Waals surface area (Å²) in [6.07, 6.45) is 3.17. The largest absolute Gasteiger partial charge is 0.385 e. The molecule has 0 fully saturated rings. The first kappa shape index (κ1) is 40.3. The topological polar surface area (TPSA) is 179 Å². The third kappa shape index (κ3) is 11.6. The predicted molar refractivity (Wildman–Crippen MR) is 163 cm³/mol. The zero-order chi connectivity index (χ0) is 32.2. The van der Waals surface area contributed by atoms with Crippen molar-refractivity contribution in [1.82, 2.24) is 9.97 Å². The molecule has 0 unspecified atom stereocenters. The van der Waals surface area contributed by atoms with E-state index in [4.69, 9.17) is 11.1 Å². The molecule has 0 atom stereocenters. The minimum absolute atomic E-state index is 0. The number of nitro benzene ring substituents is 2. The Hall–Kier alpha value is -3.70. The van der Waals surface area contributed by atoms with Gasteiger partial charge >= 0.3 is 0 Å². The van der Waals surface area contributed by atoms with Gasteiger partial charge in [0.1, 0.15) is 11.6 Å². The smallest absolute Gasteiger partial charge is 0.270 e. The van der Waals surface area contributed by atoms with Gasteiger partial charge in [-0.25, -0.2) is 14.4 Å². The van der Waals surface area contributed by atoms with Crippen LogP contribution in [0.5, 0.6) is 0 Å². The van der Waals surface area contributed by atoms with E-state index in [9.17, 15) is 29.4 Å². The molecule has 230 valence electrons. The van der Waals surface area contributed by atoms with Crippen LogP contribution in [-0.4, -0.2) is 31.9 Å². The van der Waals surface area contributed by atoms with E-state index < -0.39 is 15.7 Å². The fourth-order valence-corrected chi connectivity index (χ4v) is 3.64. The van der Waals surface area contributed by atoms with Crippen molar-refractivity contribution in [2.75, 3.05) is 0 Å². The molecule has 4 aromatic carbocycles. The van der Waals surface area contributed by atoms with Crippen LogP contribution in [-0.2, 0) is 78.3 Å². The van der Waals surface area contributed by atoms with Crippen molar-refractivity contribution >= 4 is 34.4 Å². The number of amidine groups is 1. The average molecular weight is 770 g/mol. The van der Waals surface area contributed by atoms with Gasteiger partial charge in [0.2, 0.25) is 0 Å². The summed E-state index contributed by atoms with van der Waals surface area (Å²) in [7, 11) is 0. The second-order valence-electron chi connectivity index (χ2n) is 8.89. The molecule has 0 aliphatic rings. The summed E-state index contributed by atoms with van der Waals surface area (Å²) in [5, 5.41) is 28.7. The van der Waals surface area contributed by atoms with Gasteiger partial charge < -0.3 is 19.6 Å². The van der Waals surface area contributed by atoms with Crippen LogP contribution in [0.1, 0.15) is 27.0 Å². The molecular formula is C32H25FN6O5Y2-4. The number of non-ortho nitro benzene ring substituents is 2. The molecule has 0 spiro atoms. The Labute approximate surface area is 314 Å². The van der Waals surface area contributed by atoms with Crippen LogP contribution in [0.4, 0.5) is 15.8 Å². The summed E-state index contributed by atoms with van der Waals surface area (Å²) in [6, 6.07) is 24.4.